The second-order valence-corrected chi connectivity index (χ2v) is 9.15. The summed E-state index contributed by atoms with van der Waals surface area (Å²) in [6.45, 7) is 3.71. The van der Waals surface area contributed by atoms with Crippen LogP contribution in [0.2, 0.25) is 0 Å². The lowest BCUT2D eigenvalue weighted by Gasteiger charge is -2.12. The molecule has 3 N–H and O–H groups in total. The first kappa shape index (κ1) is 22.0. The molecule has 1 heterocycles. The van der Waals surface area contributed by atoms with Gasteiger partial charge in [-0.25, -0.2) is 0 Å². The number of aryl methyl sites for hydroxylation is 2. The van der Waals surface area contributed by atoms with Crippen molar-refractivity contribution in [2.45, 2.75) is 58.8 Å². The van der Waals surface area contributed by atoms with Crippen LogP contribution in [-0.4, -0.2) is 22.9 Å². The van der Waals surface area contributed by atoms with Crippen molar-refractivity contribution in [3.8, 4) is 0 Å². The smallest absolute Gasteiger partial charge is 0.303 e. The van der Waals surface area contributed by atoms with Gasteiger partial charge in [0.25, 0.3) is 5.91 Å². The Morgan fingerprint density at radius 2 is 1.87 bits per heavy atom. The van der Waals surface area contributed by atoms with E-state index < -0.39 is 5.97 Å². The maximum Gasteiger partial charge on any atom is 0.303 e. The zero-order valence-corrected chi connectivity index (χ0v) is 18.2. The number of carboxylic acids is 1. The minimum Gasteiger partial charge on any atom is -0.481 e. The van der Waals surface area contributed by atoms with E-state index in [0.29, 0.717) is 10.6 Å². The Morgan fingerprint density at radius 1 is 1.10 bits per heavy atom. The fraction of sp³-hybridized carbons (Fsp3) is 0.435. The summed E-state index contributed by atoms with van der Waals surface area (Å²) in [5.74, 6) is -1.67. The Bertz CT molecular complexity index is 951. The van der Waals surface area contributed by atoms with Crippen LogP contribution in [0.4, 0.5) is 10.7 Å². The zero-order chi connectivity index (χ0) is 21.7. The van der Waals surface area contributed by atoms with Crippen LogP contribution in [0.15, 0.2) is 24.3 Å². The molecule has 1 aromatic heterocycles. The molecular formula is C23H28N2O4S. The number of carbonyl (C=O) groups is 3. The van der Waals surface area contributed by atoms with E-state index in [1.54, 1.807) is 6.92 Å². The maximum absolute atomic E-state index is 13.2. The van der Waals surface area contributed by atoms with E-state index in [9.17, 15) is 14.4 Å². The van der Waals surface area contributed by atoms with Gasteiger partial charge in [0.2, 0.25) is 5.91 Å². The van der Waals surface area contributed by atoms with Gasteiger partial charge in [0, 0.05) is 23.4 Å². The first-order chi connectivity index (χ1) is 14.3. The molecule has 0 spiro atoms. The zero-order valence-electron chi connectivity index (χ0n) is 17.4. The molecule has 0 saturated carbocycles. The molecule has 0 aliphatic heterocycles. The van der Waals surface area contributed by atoms with Crippen molar-refractivity contribution in [3.05, 3.63) is 45.8 Å². The third-order valence-electron chi connectivity index (χ3n) is 5.23. The number of rotatable bonds is 7. The van der Waals surface area contributed by atoms with Gasteiger partial charge in [-0.2, -0.15) is 0 Å². The second kappa shape index (κ2) is 9.89. The summed E-state index contributed by atoms with van der Waals surface area (Å²) >= 11 is 1.48. The van der Waals surface area contributed by atoms with Gasteiger partial charge in [0.1, 0.15) is 5.00 Å². The average Bonchev–Trinajstić information content (AvgIpc) is 2.81. The van der Waals surface area contributed by atoms with Crippen molar-refractivity contribution >= 4 is 39.8 Å². The molecule has 2 amide bonds. The van der Waals surface area contributed by atoms with Crippen molar-refractivity contribution in [2.75, 3.05) is 10.6 Å². The van der Waals surface area contributed by atoms with Gasteiger partial charge in [-0.05, 0) is 61.8 Å². The highest BCUT2D eigenvalue weighted by atomic mass is 32.1. The van der Waals surface area contributed by atoms with Gasteiger partial charge in [0.15, 0.2) is 0 Å². The highest BCUT2D eigenvalue weighted by Crippen LogP contribution is 2.38. The molecule has 6 nitrogen and oxygen atoms in total. The molecule has 1 atom stereocenters. The van der Waals surface area contributed by atoms with E-state index in [2.05, 4.69) is 10.6 Å². The van der Waals surface area contributed by atoms with Crippen molar-refractivity contribution in [1.82, 2.24) is 0 Å². The van der Waals surface area contributed by atoms with Crippen LogP contribution >= 0.6 is 11.3 Å². The van der Waals surface area contributed by atoms with Gasteiger partial charge in [-0.1, -0.05) is 25.5 Å². The summed E-state index contributed by atoms with van der Waals surface area (Å²) in [5.41, 5.74) is 3.37. The molecule has 3 rings (SSSR count). The van der Waals surface area contributed by atoms with E-state index in [1.807, 2.05) is 31.2 Å². The molecule has 30 heavy (non-hydrogen) atoms. The molecule has 0 radical (unpaired) electrons. The molecule has 1 aliphatic rings. The van der Waals surface area contributed by atoms with Gasteiger partial charge < -0.3 is 15.7 Å². The molecule has 0 fully saturated rings. The summed E-state index contributed by atoms with van der Waals surface area (Å²) in [5, 5.41) is 15.4. The summed E-state index contributed by atoms with van der Waals surface area (Å²) in [6, 6.07) is 7.62. The Hall–Kier alpha value is -2.67. The Morgan fingerprint density at radius 3 is 2.60 bits per heavy atom. The van der Waals surface area contributed by atoms with Crippen LogP contribution in [0.3, 0.4) is 0 Å². The van der Waals surface area contributed by atoms with Gasteiger partial charge in [0.05, 0.1) is 5.56 Å². The molecule has 0 unspecified atom stereocenters. The van der Waals surface area contributed by atoms with E-state index >= 15 is 0 Å². The number of aliphatic carboxylic acids is 1. The normalized spacial score (nSPS) is 14.3. The third-order valence-corrected chi connectivity index (χ3v) is 6.44. The lowest BCUT2D eigenvalue weighted by Crippen LogP contribution is -2.20. The van der Waals surface area contributed by atoms with Gasteiger partial charge >= 0.3 is 5.97 Å². The summed E-state index contributed by atoms with van der Waals surface area (Å²) in [4.78, 5) is 37.8. The van der Waals surface area contributed by atoms with E-state index in [4.69, 9.17) is 5.11 Å². The first-order valence-corrected chi connectivity index (χ1v) is 11.2. The Balaban J connectivity index is 1.84. The molecule has 160 valence electrons. The second-order valence-electron chi connectivity index (χ2n) is 8.05. The number of hydrogen-bond acceptors (Lipinski definition) is 4. The quantitative estimate of drug-likeness (QED) is 0.540. The number of fused-ring (bicyclic) bond motifs is 1. The SMILES string of the molecule is Cc1cccc(NC(=O)c2c(NC(=O)C[C@H](C)CC(=O)O)sc3c2CCCCC3)c1. The molecular weight excluding hydrogens is 400 g/mol. The Kier molecular flexibility index (Phi) is 7.26. The summed E-state index contributed by atoms with van der Waals surface area (Å²) in [6.07, 6.45) is 5.02. The number of amides is 2. The number of nitrogens with one attached hydrogen (secondary N) is 2. The molecule has 0 bridgehead atoms. The number of anilines is 2. The van der Waals surface area contributed by atoms with Crippen LogP contribution in [0, 0.1) is 12.8 Å². The van der Waals surface area contributed by atoms with Crippen molar-refractivity contribution in [3.63, 3.8) is 0 Å². The highest BCUT2D eigenvalue weighted by molar-refractivity contribution is 7.17. The monoisotopic (exact) mass is 428 g/mol. The molecule has 7 heteroatoms. The standard InChI is InChI=1S/C23H28N2O4S/c1-14-7-6-8-16(11-14)24-22(29)21-17-9-4-3-5-10-18(17)30-23(21)25-19(26)12-15(2)13-20(27)28/h6-8,11,15H,3-5,9-10,12-13H2,1-2H3,(H,24,29)(H,25,26)(H,27,28)/t15-/m0/s1. The maximum atomic E-state index is 13.2. The molecule has 2 aromatic rings. The number of benzene rings is 1. The molecule has 1 aliphatic carbocycles. The van der Waals surface area contributed by atoms with E-state index in [-0.39, 0.29) is 30.6 Å². The molecule has 0 saturated heterocycles. The van der Waals surface area contributed by atoms with Crippen LogP contribution in [0.5, 0.6) is 0 Å². The van der Waals surface area contributed by atoms with E-state index in [1.165, 1.54) is 11.3 Å². The predicted molar refractivity (Wildman–Crippen MR) is 119 cm³/mol. The molecule has 1 aromatic carbocycles. The van der Waals surface area contributed by atoms with Gasteiger partial charge in [-0.15, -0.1) is 11.3 Å². The van der Waals surface area contributed by atoms with Crippen LogP contribution in [0.1, 0.15) is 65.4 Å². The lowest BCUT2D eigenvalue weighted by atomic mass is 10.0. The highest BCUT2D eigenvalue weighted by Gasteiger charge is 2.26. The largest absolute Gasteiger partial charge is 0.481 e. The first-order valence-electron chi connectivity index (χ1n) is 10.4. The number of carboxylic acid groups (broad SMARTS) is 1. The number of thiophene rings is 1. The number of carbonyl (C=O) groups excluding carboxylic acids is 2. The van der Waals surface area contributed by atoms with Crippen LogP contribution in [0.25, 0.3) is 0 Å². The third kappa shape index (κ3) is 5.69. The van der Waals surface area contributed by atoms with Gasteiger partial charge in [-0.3, -0.25) is 14.4 Å². The van der Waals surface area contributed by atoms with Crippen LogP contribution < -0.4 is 10.6 Å². The summed E-state index contributed by atoms with van der Waals surface area (Å²) < 4.78 is 0. The fourth-order valence-electron chi connectivity index (χ4n) is 3.85. The van der Waals surface area contributed by atoms with Crippen LogP contribution in [-0.2, 0) is 22.4 Å². The van der Waals surface area contributed by atoms with Crippen molar-refractivity contribution < 1.29 is 19.5 Å². The predicted octanol–water partition coefficient (Wildman–Crippen LogP) is 5.02. The minimum atomic E-state index is -0.920. The fourth-order valence-corrected chi connectivity index (χ4v) is 5.15. The van der Waals surface area contributed by atoms with Crippen molar-refractivity contribution in [1.29, 1.82) is 0 Å². The van der Waals surface area contributed by atoms with E-state index in [0.717, 1.165) is 53.8 Å². The minimum absolute atomic E-state index is 0.0605. The number of hydrogen-bond donors (Lipinski definition) is 3. The topological polar surface area (TPSA) is 95.5 Å². The summed E-state index contributed by atoms with van der Waals surface area (Å²) in [7, 11) is 0. The Labute approximate surface area is 180 Å². The van der Waals surface area contributed by atoms with Crippen molar-refractivity contribution in [2.24, 2.45) is 5.92 Å². The average molecular weight is 429 g/mol. The lowest BCUT2D eigenvalue weighted by molar-refractivity contribution is -0.138.